The van der Waals surface area contributed by atoms with Crippen LogP contribution in [0.3, 0.4) is 0 Å². The maximum absolute atomic E-state index is 2.50. The van der Waals surface area contributed by atoms with E-state index in [1.807, 2.05) is 0 Å². The van der Waals surface area contributed by atoms with E-state index >= 15 is 0 Å². The molecule has 0 N–H and O–H groups in total. The van der Waals surface area contributed by atoms with Gasteiger partial charge >= 0.3 is 0 Å². The number of hydrogen-bond acceptors (Lipinski definition) is 1. The summed E-state index contributed by atoms with van der Waals surface area (Å²) < 4.78 is 2.50. The normalized spacial score (nSPS) is 19.4. The van der Waals surface area contributed by atoms with Crippen molar-refractivity contribution >= 4 is 76.9 Å². The molecule has 4 unspecified atom stereocenters. The zero-order valence-electron chi connectivity index (χ0n) is 35.0. The third-order valence-electron chi connectivity index (χ3n) is 13.8. The molecule has 4 atom stereocenters. The summed E-state index contributed by atoms with van der Waals surface area (Å²) in [5.74, 6) is 1.43. The minimum atomic E-state index is 0.255. The largest absolute Gasteiger partial charge is 0.310 e. The Morgan fingerprint density at radius 2 is 1.06 bits per heavy atom. The average molecular weight is 795 g/mol. The summed E-state index contributed by atoms with van der Waals surface area (Å²) in [6.07, 6.45) is 23.0. The average Bonchev–Trinajstić information content (AvgIpc) is 3.65. The standard InChI is InChI=1S/C60H46N2/c1-39-17-6-8-23-46(39)60-51-28-13-12-27-50(51)59(42-19-4-3-5-20-42)54-38-43(32-34-52(54)60)61(55-30-16-21-41-18-7-9-24-47(41)55)44-33-36-58-53(37-44)49-26-14-15-29-56(49)62(58)57-35-31-40(2)45-22-10-11-25-48(45)57/h3-40,45-46H,1-2H3. The van der Waals surface area contributed by atoms with Gasteiger partial charge in [0.2, 0.25) is 0 Å². The molecular weight excluding hydrogens is 749 g/mol. The third-order valence-corrected chi connectivity index (χ3v) is 13.8. The molecule has 0 radical (unpaired) electrons. The van der Waals surface area contributed by atoms with Crippen molar-refractivity contribution in [3.8, 4) is 11.1 Å². The van der Waals surface area contributed by atoms with E-state index in [2.05, 4.69) is 242 Å². The number of benzene rings is 8. The van der Waals surface area contributed by atoms with E-state index in [0.717, 1.165) is 17.1 Å². The number of fused-ring (bicyclic) bond motifs is 7. The molecule has 12 rings (SSSR count). The molecule has 2 heteroatoms. The Morgan fingerprint density at radius 1 is 0.435 bits per heavy atom. The number of aromatic nitrogens is 1. The highest BCUT2D eigenvalue weighted by molar-refractivity contribution is 6.17. The van der Waals surface area contributed by atoms with Crippen molar-refractivity contribution in [2.45, 2.75) is 19.8 Å². The molecule has 3 aliphatic rings. The van der Waals surface area contributed by atoms with Crippen molar-refractivity contribution in [2.75, 3.05) is 4.90 Å². The molecule has 3 aliphatic carbocycles. The summed E-state index contributed by atoms with van der Waals surface area (Å²) >= 11 is 0. The van der Waals surface area contributed by atoms with Crippen LogP contribution in [0.2, 0.25) is 0 Å². The van der Waals surface area contributed by atoms with Crippen molar-refractivity contribution in [1.29, 1.82) is 0 Å². The molecule has 0 spiro atoms. The summed E-state index contributed by atoms with van der Waals surface area (Å²) in [5, 5.41) is 10.1. The summed E-state index contributed by atoms with van der Waals surface area (Å²) in [5.41, 5.74) is 12.3. The van der Waals surface area contributed by atoms with E-state index in [1.54, 1.807) is 0 Å². The van der Waals surface area contributed by atoms with Crippen molar-refractivity contribution < 1.29 is 0 Å². The Bertz CT molecular complexity index is 3450. The number of para-hydroxylation sites is 1. The molecule has 296 valence electrons. The fourth-order valence-corrected chi connectivity index (χ4v) is 10.8. The molecule has 0 bridgehead atoms. The van der Waals surface area contributed by atoms with Gasteiger partial charge in [0.25, 0.3) is 0 Å². The third kappa shape index (κ3) is 5.71. The van der Waals surface area contributed by atoms with Crippen LogP contribution < -0.4 is 4.90 Å². The van der Waals surface area contributed by atoms with Crippen LogP contribution in [0.15, 0.2) is 224 Å². The van der Waals surface area contributed by atoms with Crippen molar-refractivity contribution in [1.82, 2.24) is 4.57 Å². The summed E-state index contributed by atoms with van der Waals surface area (Å²) in [4.78, 5) is 2.50. The Morgan fingerprint density at radius 3 is 1.92 bits per heavy atom. The number of nitrogens with zero attached hydrogens (tertiary/aromatic N) is 2. The maximum Gasteiger partial charge on any atom is 0.0542 e. The fraction of sp³-hybridized carbons (Fsp3) is 0.100. The van der Waals surface area contributed by atoms with E-state index < -0.39 is 0 Å². The maximum atomic E-state index is 2.50. The number of allylic oxidation sites excluding steroid dienone is 12. The molecule has 0 fully saturated rings. The Balaban J connectivity index is 1.14. The first-order valence-electron chi connectivity index (χ1n) is 22.1. The smallest absolute Gasteiger partial charge is 0.0542 e. The quantitative estimate of drug-likeness (QED) is 0.152. The lowest BCUT2D eigenvalue weighted by Crippen LogP contribution is -2.17. The second kappa shape index (κ2) is 14.6. The van der Waals surface area contributed by atoms with Crippen molar-refractivity contribution in [3.05, 3.63) is 230 Å². The molecule has 0 saturated carbocycles. The Kier molecular flexibility index (Phi) is 8.60. The van der Waals surface area contributed by atoms with Gasteiger partial charge in [0.15, 0.2) is 0 Å². The van der Waals surface area contributed by atoms with Crippen molar-refractivity contribution in [3.63, 3.8) is 0 Å². The lowest BCUT2D eigenvalue weighted by molar-refractivity contribution is 0.582. The first kappa shape index (κ1) is 36.4. The molecule has 9 aromatic rings. The van der Waals surface area contributed by atoms with Gasteiger partial charge in [-0.3, -0.25) is 0 Å². The molecular formula is C60H46N2. The molecule has 1 heterocycles. The first-order chi connectivity index (χ1) is 30.6. The van der Waals surface area contributed by atoms with Gasteiger partial charge < -0.3 is 9.47 Å². The van der Waals surface area contributed by atoms with Crippen LogP contribution in [0.5, 0.6) is 0 Å². The van der Waals surface area contributed by atoms with Gasteiger partial charge in [-0.1, -0.05) is 184 Å². The number of hydrogen-bond donors (Lipinski definition) is 0. The monoisotopic (exact) mass is 794 g/mol. The highest BCUT2D eigenvalue weighted by Crippen LogP contribution is 2.49. The minimum absolute atomic E-state index is 0.255. The predicted octanol–water partition coefficient (Wildman–Crippen LogP) is 16.4. The lowest BCUT2D eigenvalue weighted by Gasteiger charge is -2.30. The van der Waals surface area contributed by atoms with E-state index in [4.69, 9.17) is 0 Å². The zero-order chi connectivity index (χ0) is 41.3. The fourth-order valence-electron chi connectivity index (χ4n) is 10.8. The Hall–Kier alpha value is -7.42. The molecule has 1 aromatic heterocycles. The SMILES string of the molecule is CC1C=CC(n2c3ccccc3c3cc(N(c4ccc5c(C6C=CC=CC6C)c6ccccc6c(-c6ccccc6)c5c4)c4cccc5ccccc45)ccc32)=C2C=CC=CC21. The van der Waals surface area contributed by atoms with Gasteiger partial charge in [-0.05, 0) is 110 Å². The Labute approximate surface area is 363 Å². The van der Waals surface area contributed by atoms with Gasteiger partial charge in [-0.25, -0.2) is 0 Å². The summed E-state index contributed by atoms with van der Waals surface area (Å²) in [6.45, 7) is 4.68. The second-order valence-electron chi connectivity index (χ2n) is 17.3. The number of anilines is 3. The zero-order valence-corrected chi connectivity index (χ0v) is 35.0. The van der Waals surface area contributed by atoms with Gasteiger partial charge in [0.05, 0.1) is 16.7 Å². The predicted molar refractivity (Wildman–Crippen MR) is 266 cm³/mol. The van der Waals surface area contributed by atoms with E-state index in [-0.39, 0.29) is 5.92 Å². The molecule has 8 aromatic carbocycles. The minimum Gasteiger partial charge on any atom is -0.310 e. The van der Waals surface area contributed by atoms with Crippen LogP contribution >= 0.6 is 0 Å². The van der Waals surface area contributed by atoms with Gasteiger partial charge in [0.1, 0.15) is 0 Å². The molecule has 0 saturated heterocycles. The van der Waals surface area contributed by atoms with E-state index in [0.29, 0.717) is 17.8 Å². The summed E-state index contributed by atoms with van der Waals surface area (Å²) in [7, 11) is 0. The van der Waals surface area contributed by atoms with Crippen molar-refractivity contribution in [2.24, 2.45) is 17.8 Å². The van der Waals surface area contributed by atoms with Crippen LogP contribution in [0.25, 0.3) is 70.9 Å². The molecule has 2 nitrogen and oxygen atoms in total. The van der Waals surface area contributed by atoms with Crippen LogP contribution in [0.1, 0.15) is 25.3 Å². The molecule has 62 heavy (non-hydrogen) atoms. The lowest BCUT2D eigenvalue weighted by atomic mass is 9.77. The van der Waals surface area contributed by atoms with Crippen LogP contribution in [0.4, 0.5) is 17.1 Å². The van der Waals surface area contributed by atoms with Crippen LogP contribution in [-0.2, 0) is 0 Å². The van der Waals surface area contributed by atoms with E-state index in [9.17, 15) is 0 Å². The number of rotatable bonds is 6. The highest BCUT2D eigenvalue weighted by atomic mass is 15.1. The first-order valence-corrected chi connectivity index (χ1v) is 22.1. The molecule has 0 amide bonds. The topological polar surface area (TPSA) is 8.17 Å². The van der Waals surface area contributed by atoms with Crippen LogP contribution in [-0.4, -0.2) is 4.57 Å². The van der Waals surface area contributed by atoms with Gasteiger partial charge in [-0.2, -0.15) is 0 Å². The second-order valence-corrected chi connectivity index (χ2v) is 17.3. The van der Waals surface area contributed by atoms with Gasteiger partial charge in [-0.15, -0.1) is 0 Å². The highest BCUT2D eigenvalue weighted by Gasteiger charge is 2.28. The molecule has 0 aliphatic heterocycles. The van der Waals surface area contributed by atoms with E-state index in [1.165, 1.54) is 82.1 Å². The summed E-state index contributed by atoms with van der Waals surface area (Å²) in [6, 6.07) is 58.8. The van der Waals surface area contributed by atoms with Gasteiger partial charge in [0, 0.05) is 45.1 Å². The van der Waals surface area contributed by atoms with Crippen LogP contribution in [0, 0.1) is 17.8 Å².